The highest BCUT2D eigenvalue weighted by atomic mass is 32.2. The highest BCUT2D eigenvalue weighted by molar-refractivity contribution is 7.85. The lowest BCUT2D eigenvalue weighted by atomic mass is 9.99. The normalized spacial score (nSPS) is 13.4. The van der Waals surface area contributed by atoms with Crippen molar-refractivity contribution in [3.05, 3.63) is 59.7 Å². The number of nitrogens with zero attached hydrogens (tertiary/aromatic N) is 3. The summed E-state index contributed by atoms with van der Waals surface area (Å²) in [5.74, 6) is -1.78. The van der Waals surface area contributed by atoms with Crippen molar-refractivity contribution in [3.8, 4) is 23.6 Å². The van der Waals surface area contributed by atoms with Crippen molar-refractivity contribution in [2.75, 3.05) is 27.4 Å². The number of nitrogens with two attached hydrogens (primary N) is 1. The van der Waals surface area contributed by atoms with Crippen LogP contribution >= 0.6 is 0 Å². The molecule has 0 aromatic heterocycles. The largest absolute Gasteiger partial charge is 0.497 e. The quantitative estimate of drug-likeness (QED) is 0.122. The fourth-order valence-corrected chi connectivity index (χ4v) is 4.41. The van der Waals surface area contributed by atoms with Gasteiger partial charge in [-0.15, -0.1) is 0 Å². The molecule has 0 spiro atoms. The lowest BCUT2D eigenvalue weighted by Crippen LogP contribution is -2.27. The maximum absolute atomic E-state index is 12.5. The van der Waals surface area contributed by atoms with Gasteiger partial charge >= 0.3 is 11.9 Å². The number of rotatable bonds is 15. The Balaban J connectivity index is 0.000000884. The number of hydrogen-bond donors (Lipinski definition) is 1. The lowest BCUT2D eigenvalue weighted by Gasteiger charge is -2.16. The summed E-state index contributed by atoms with van der Waals surface area (Å²) >= 11 is 0. The Kier molecular flexibility index (Phi) is 22.7. The molecule has 0 bridgehead atoms. The summed E-state index contributed by atoms with van der Waals surface area (Å²) in [6, 6.07) is 17.9. The first-order valence-electron chi connectivity index (χ1n) is 16.9. The zero-order valence-corrected chi connectivity index (χ0v) is 34.1. The third kappa shape index (κ3) is 19.3. The topological polar surface area (TPSA) is 208 Å². The van der Waals surface area contributed by atoms with Crippen molar-refractivity contribution in [1.29, 1.82) is 10.5 Å². The van der Waals surface area contributed by atoms with Gasteiger partial charge in [-0.2, -0.15) is 14.9 Å². The molecule has 15 heteroatoms. The molecule has 0 amide bonds. The van der Waals surface area contributed by atoms with Crippen LogP contribution in [-0.4, -0.2) is 68.8 Å². The van der Waals surface area contributed by atoms with E-state index in [-0.39, 0.29) is 43.0 Å². The molecule has 292 valence electrons. The molecule has 53 heavy (non-hydrogen) atoms. The number of methoxy groups -OCH3 is 2. The molecule has 2 rings (SSSR count). The average molecular weight is 775 g/mol. The summed E-state index contributed by atoms with van der Waals surface area (Å²) in [6.45, 7) is 14.8. The Morgan fingerprint density at radius 3 is 1.55 bits per heavy atom. The molecule has 2 unspecified atom stereocenters. The van der Waals surface area contributed by atoms with E-state index in [0.717, 1.165) is 5.56 Å². The van der Waals surface area contributed by atoms with Gasteiger partial charge in [-0.1, -0.05) is 24.3 Å². The number of nitriles is 2. The number of Topliss-reactive ketones (excluding diaryl/α,β-unsaturated/α-hetero) is 1. The van der Waals surface area contributed by atoms with Crippen molar-refractivity contribution in [2.24, 2.45) is 21.4 Å². The number of esters is 2. The zero-order valence-electron chi connectivity index (χ0n) is 32.4. The molecule has 4 atom stereocenters. The second-order valence-corrected chi connectivity index (χ2v) is 16.9. The van der Waals surface area contributed by atoms with Crippen molar-refractivity contribution < 1.29 is 41.7 Å². The Hall–Kier alpha value is -4.44. The van der Waals surface area contributed by atoms with Gasteiger partial charge in [-0.3, -0.25) is 19.5 Å². The molecule has 0 aliphatic heterocycles. The molecule has 0 saturated heterocycles. The van der Waals surface area contributed by atoms with Crippen LogP contribution in [0.3, 0.4) is 0 Å². The Labute approximate surface area is 319 Å². The number of carbonyl (C=O) groups excluding carboxylic acids is 3. The van der Waals surface area contributed by atoms with Gasteiger partial charge < -0.3 is 18.9 Å². The van der Waals surface area contributed by atoms with E-state index in [2.05, 4.69) is 4.40 Å². The Morgan fingerprint density at radius 2 is 1.17 bits per heavy atom. The van der Waals surface area contributed by atoms with E-state index in [0.29, 0.717) is 29.2 Å². The van der Waals surface area contributed by atoms with E-state index in [1.807, 2.05) is 65.8 Å². The molecule has 0 radical (unpaired) electrons. The summed E-state index contributed by atoms with van der Waals surface area (Å²) < 4.78 is 46.4. The highest BCUT2D eigenvalue weighted by Gasteiger charge is 2.24. The van der Waals surface area contributed by atoms with E-state index in [4.69, 9.17) is 29.3 Å². The molecule has 0 fully saturated rings. The van der Waals surface area contributed by atoms with Gasteiger partial charge in [0.15, 0.2) is 5.78 Å². The summed E-state index contributed by atoms with van der Waals surface area (Å²) in [4.78, 5) is 35.3. The zero-order chi connectivity index (χ0) is 40.8. The maximum Gasteiger partial charge on any atom is 0.323 e. The number of ketones is 1. The van der Waals surface area contributed by atoms with Crippen molar-refractivity contribution in [1.82, 2.24) is 0 Å². The summed E-state index contributed by atoms with van der Waals surface area (Å²) in [5.41, 5.74) is 1.83. The van der Waals surface area contributed by atoms with Crippen LogP contribution in [0.2, 0.25) is 0 Å². The molecular weight excluding hydrogens is 721 g/mol. The first-order chi connectivity index (χ1) is 24.8. The predicted molar refractivity (Wildman–Crippen MR) is 207 cm³/mol. The highest BCUT2D eigenvalue weighted by Crippen LogP contribution is 2.21. The van der Waals surface area contributed by atoms with Crippen LogP contribution in [0, 0.1) is 34.5 Å². The fourth-order valence-electron chi connectivity index (χ4n) is 3.74. The molecule has 2 aromatic rings. The fraction of sp³-hybridized carbons (Fsp3) is 0.526. The van der Waals surface area contributed by atoms with Crippen LogP contribution in [0.1, 0.15) is 97.0 Å². The minimum Gasteiger partial charge on any atom is -0.497 e. The van der Waals surface area contributed by atoms with Crippen LogP contribution in [0.4, 0.5) is 0 Å². The van der Waals surface area contributed by atoms with E-state index < -0.39 is 50.5 Å². The van der Waals surface area contributed by atoms with Gasteiger partial charge in [0.2, 0.25) is 0 Å². The number of hydrogen-bond acceptors (Lipinski definition) is 11. The van der Waals surface area contributed by atoms with Gasteiger partial charge in [-0.05, 0) is 98.9 Å². The van der Waals surface area contributed by atoms with Crippen molar-refractivity contribution >= 4 is 45.4 Å². The van der Waals surface area contributed by atoms with E-state index in [9.17, 15) is 28.1 Å². The predicted octanol–water partition coefficient (Wildman–Crippen LogP) is 6.20. The molecule has 13 nitrogen and oxygen atoms in total. The molecule has 0 saturated carbocycles. The number of carbonyl (C=O) groups is 3. The van der Waals surface area contributed by atoms with Gasteiger partial charge in [0, 0.05) is 17.5 Å². The van der Waals surface area contributed by atoms with Crippen molar-refractivity contribution in [2.45, 2.75) is 90.6 Å². The maximum atomic E-state index is 12.5. The minimum absolute atomic E-state index is 0.115. The lowest BCUT2D eigenvalue weighted by molar-refractivity contribution is -0.147. The van der Waals surface area contributed by atoms with Crippen LogP contribution < -0.4 is 14.6 Å². The molecular formula is C38H54N4O9S2. The first kappa shape index (κ1) is 48.6. The molecule has 0 heterocycles. The van der Waals surface area contributed by atoms with Crippen LogP contribution in [0.25, 0.3) is 0 Å². The third-order valence-electron chi connectivity index (χ3n) is 6.90. The molecule has 2 N–H and O–H groups in total. The molecule has 0 aliphatic rings. The second-order valence-electron chi connectivity index (χ2n) is 13.1. The van der Waals surface area contributed by atoms with E-state index in [1.54, 1.807) is 57.4 Å². The number of ether oxygens (including phenoxy) is 4. The number of benzene rings is 2. The summed E-state index contributed by atoms with van der Waals surface area (Å²) in [7, 11) is 0.447. The second kappa shape index (κ2) is 24.7. The Morgan fingerprint density at radius 1 is 0.755 bits per heavy atom. The van der Waals surface area contributed by atoms with Gasteiger partial charge in [0.05, 0.1) is 65.8 Å². The van der Waals surface area contributed by atoms with Gasteiger partial charge in [0.25, 0.3) is 0 Å². The van der Waals surface area contributed by atoms with Crippen LogP contribution in [-0.2, 0) is 41.0 Å². The van der Waals surface area contributed by atoms with E-state index >= 15 is 0 Å². The molecule has 0 aliphatic carbocycles. The third-order valence-corrected chi connectivity index (χ3v) is 9.54. The van der Waals surface area contributed by atoms with Crippen molar-refractivity contribution in [3.63, 3.8) is 0 Å². The standard InChI is InChI=1S/C19H26N2O4S.C15H17NO4.C4H11NOS/c1-6-25-18(22)15(13-20)10-11-17(21-26(23)19(2,3)4)14-8-7-9-16(12-14)24-5;1-3-20-15(18)12(10-16)7-8-14(17)11-5-4-6-13(9-11)19-2;1-4(2,3)7(5)6/h7-9,12,15H,6,10-11H2,1-5H3;4-6,9,12H,3,7-8H2,1-2H3;5H2,1-3H3/t15?,26-;;7-/m1.1/s1. The molecule has 2 aromatic carbocycles. The first-order valence-corrected chi connectivity index (χ1v) is 19.2. The monoisotopic (exact) mass is 774 g/mol. The van der Waals surface area contributed by atoms with E-state index in [1.165, 1.54) is 7.11 Å². The summed E-state index contributed by atoms with van der Waals surface area (Å²) in [5, 5.41) is 23.2. The Bertz CT molecular complexity index is 1650. The average Bonchev–Trinajstić information content (AvgIpc) is 3.11. The van der Waals surface area contributed by atoms with Gasteiger partial charge in [0.1, 0.15) is 34.3 Å². The van der Waals surface area contributed by atoms with Gasteiger partial charge in [-0.25, -0.2) is 8.42 Å². The van der Waals surface area contributed by atoms with Crippen LogP contribution in [0.5, 0.6) is 11.5 Å². The smallest absolute Gasteiger partial charge is 0.323 e. The summed E-state index contributed by atoms with van der Waals surface area (Å²) in [6.07, 6.45) is 0.842. The SMILES string of the molecule is CC(C)(C)[S@](N)=O.CCOC(=O)C(C#N)CCC(=N[S@](=O)C(C)(C)C)c1cccc(OC)c1.CCOC(=O)C(C#N)CCC(=O)c1cccc(OC)c1. The minimum atomic E-state index is -1.46. The van der Waals surface area contributed by atoms with Crippen LogP contribution in [0.15, 0.2) is 52.9 Å².